The van der Waals surface area contributed by atoms with E-state index in [0.717, 1.165) is 28.3 Å². The number of carbonyl (C=O) groups is 1. The minimum Gasteiger partial charge on any atom is -0.352 e. The highest BCUT2D eigenvalue weighted by Gasteiger charge is 2.36. The normalized spacial score (nSPS) is 23.7. The molecule has 4 rings (SSSR count). The van der Waals surface area contributed by atoms with E-state index in [0.29, 0.717) is 11.3 Å². The molecule has 2 aliphatic rings. The third-order valence-corrected chi connectivity index (χ3v) is 7.22. The van der Waals surface area contributed by atoms with Crippen LogP contribution in [0.1, 0.15) is 59.0 Å². The molecule has 2 aromatic heterocycles. The Labute approximate surface area is 145 Å². The van der Waals surface area contributed by atoms with Crippen LogP contribution >= 0.6 is 22.7 Å². The van der Waals surface area contributed by atoms with Crippen LogP contribution in [0.15, 0.2) is 17.5 Å². The molecule has 2 unspecified atom stereocenters. The van der Waals surface area contributed by atoms with E-state index in [1.807, 2.05) is 11.4 Å². The summed E-state index contributed by atoms with van der Waals surface area (Å²) in [5.41, 5.74) is 2.53. The Hall–Kier alpha value is -1.33. The Morgan fingerprint density at radius 1 is 1.26 bits per heavy atom. The number of anilines is 1. The molecule has 3 nitrogen and oxygen atoms in total. The smallest absolute Gasteiger partial charge is 0.256 e. The molecule has 3 heterocycles. The summed E-state index contributed by atoms with van der Waals surface area (Å²) < 4.78 is 0. The van der Waals surface area contributed by atoms with Gasteiger partial charge in [-0.3, -0.25) is 4.79 Å². The SMILES string of the molecule is CC(C)(C)C1CCc2c(sc3c2C(=O)NC(c2cccs2)N3)C1. The summed E-state index contributed by atoms with van der Waals surface area (Å²) >= 11 is 3.47. The molecule has 5 heteroatoms. The van der Waals surface area contributed by atoms with Gasteiger partial charge in [0.2, 0.25) is 0 Å². The summed E-state index contributed by atoms with van der Waals surface area (Å²) in [6.07, 6.45) is 3.23. The van der Waals surface area contributed by atoms with Crippen molar-refractivity contribution in [1.82, 2.24) is 5.32 Å². The fourth-order valence-corrected chi connectivity index (χ4v) is 5.71. The van der Waals surface area contributed by atoms with Crippen molar-refractivity contribution in [3.63, 3.8) is 0 Å². The third kappa shape index (κ3) is 2.60. The van der Waals surface area contributed by atoms with Gasteiger partial charge in [0.25, 0.3) is 5.91 Å². The van der Waals surface area contributed by atoms with Crippen LogP contribution in [0.25, 0.3) is 0 Å². The van der Waals surface area contributed by atoms with Gasteiger partial charge in [0.15, 0.2) is 0 Å². The lowest BCUT2D eigenvalue weighted by atomic mass is 9.72. The maximum Gasteiger partial charge on any atom is 0.256 e. The van der Waals surface area contributed by atoms with Crippen LogP contribution < -0.4 is 10.6 Å². The lowest BCUT2D eigenvalue weighted by Gasteiger charge is -2.34. The van der Waals surface area contributed by atoms with E-state index >= 15 is 0 Å². The van der Waals surface area contributed by atoms with E-state index in [1.165, 1.54) is 16.9 Å². The fraction of sp³-hybridized carbons (Fsp3) is 0.500. The van der Waals surface area contributed by atoms with E-state index in [2.05, 4.69) is 37.5 Å². The molecular weight excluding hydrogens is 324 g/mol. The zero-order chi connectivity index (χ0) is 16.2. The number of hydrogen-bond acceptors (Lipinski definition) is 4. The molecular formula is C18H22N2OS2. The Balaban J connectivity index is 1.66. The maximum absolute atomic E-state index is 12.7. The van der Waals surface area contributed by atoms with Crippen LogP contribution in [0.3, 0.4) is 0 Å². The van der Waals surface area contributed by atoms with Gasteiger partial charge in [-0.1, -0.05) is 26.8 Å². The average molecular weight is 347 g/mol. The first-order valence-electron chi connectivity index (χ1n) is 8.19. The monoisotopic (exact) mass is 346 g/mol. The van der Waals surface area contributed by atoms with Crippen molar-refractivity contribution in [2.24, 2.45) is 11.3 Å². The predicted octanol–water partition coefficient (Wildman–Crippen LogP) is 4.81. The average Bonchev–Trinajstić information content (AvgIpc) is 3.12. The Kier molecular flexibility index (Phi) is 3.54. The Bertz CT molecular complexity index is 740. The summed E-state index contributed by atoms with van der Waals surface area (Å²) in [5.74, 6) is 0.787. The van der Waals surface area contributed by atoms with Crippen molar-refractivity contribution in [3.8, 4) is 0 Å². The summed E-state index contributed by atoms with van der Waals surface area (Å²) in [7, 11) is 0. The molecule has 2 atom stereocenters. The molecule has 2 N–H and O–H groups in total. The number of amides is 1. The van der Waals surface area contributed by atoms with Crippen LogP contribution in [0.4, 0.5) is 5.00 Å². The second kappa shape index (κ2) is 5.35. The van der Waals surface area contributed by atoms with Crippen molar-refractivity contribution in [1.29, 1.82) is 0 Å². The molecule has 1 aliphatic heterocycles. The van der Waals surface area contributed by atoms with Gasteiger partial charge in [-0.25, -0.2) is 0 Å². The first kappa shape index (κ1) is 15.2. The predicted molar refractivity (Wildman–Crippen MR) is 97.4 cm³/mol. The van der Waals surface area contributed by atoms with E-state index in [9.17, 15) is 4.79 Å². The van der Waals surface area contributed by atoms with Gasteiger partial charge in [-0.05, 0) is 47.6 Å². The molecule has 23 heavy (non-hydrogen) atoms. The van der Waals surface area contributed by atoms with Crippen LogP contribution in [-0.4, -0.2) is 5.91 Å². The van der Waals surface area contributed by atoms with Gasteiger partial charge in [0.1, 0.15) is 11.2 Å². The van der Waals surface area contributed by atoms with Crippen LogP contribution in [0, 0.1) is 11.3 Å². The molecule has 1 aliphatic carbocycles. The highest BCUT2D eigenvalue weighted by molar-refractivity contribution is 7.16. The summed E-state index contributed by atoms with van der Waals surface area (Å²) in [5, 5.41) is 9.77. The van der Waals surface area contributed by atoms with Gasteiger partial charge in [0, 0.05) is 9.75 Å². The molecule has 0 saturated heterocycles. The number of nitrogens with one attached hydrogen (secondary N) is 2. The molecule has 1 amide bonds. The molecule has 0 bridgehead atoms. The Morgan fingerprint density at radius 3 is 2.78 bits per heavy atom. The first-order valence-corrected chi connectivity index (χ1v) is 9.88. The standard InChI is InChI=1S/C18H22N2OS2/c1-18(2,3)10-6-7-11-13(9-10)23-17-14(11)16(21)19-15(20-17)12-5-4-8-22-12/h4-5,8,10,15,20H,6-7,9H2,1-3H3,(H,19,21). The van der Waals surface area contributed by atoms with Gasteiger partial charge >= 0.3 is 0 Å². The number of carbonyl (C=O) groups excluding carboxylic acids is 1. The van der Waals surface area contributed by atoms with Crippen molar-refractivity contribution < 1.29 is 4.79 Å². The second-order valence-corrected chi connectivity index (χ2v) is 9.66. The fourth-order valence-electron chi connectivity index (χ4n) is 3.64. The van der Waals surface area contributed by atoms with E-state index in [-0.39, 0.29) is 12.1 Å². The largest absolute Gasteiger partial charge is 0.352 e. The molecule has 2 aromatic rings. The third-order valence-electron chi connectivity index (χ3n) is 5.10. The van der Waals surface area contributed by atoms with Gasteiger partial charge in [-0.15, -0.1) is 22.7 Å². The van der Waals surface area contributed by atoms with Crippen molar-refractivity contribution >= 4 is 33.6 Å². The molecule has 0 radical (unpaired) electrons. The van der Waals surface area contributed by atoms with Crippen molar-refractivity contribution in [2.45, 2.75) is 46.2 Å². The molecule has 0 saturated carbocycles. The topological polar surface area (TPSA) is 41.1 Å². The van der Waals surface area contributed by atoms with Crippen molar-refractivity contribution in [3.05, 3.63) is 38.4 Å². The summed E-state index contributed by atoms with van der Waals surface area (Å²) in [6, 6.07) is 4.09. The summed E-state index contributed by atoms with van der Waals surface area (Å²) in [4.78, 5) is 15.2. The highest BCUT2D eigenvalue weighted by atomic mass is 32.1. The minimum absolute atomic E-state index is 0.0869. The van der Waals surface area contributed by atoms with E-state index < -0.39 is 0 Å². The van der Waals surface area contributed by atoms with Crippen LogP contribution in [0.5, 0.6) is 0 Å². The van der Waals surface area contributed by atoms with Crippen LogP contribution in [-0.2, 0) is 12.8 Å². The zero-order valence-electron chi connectivity index (χ0n) is 13.7. The zero-order valence-corrected chi connectivity index (χ0v) is 15.4. The molecule has 122 valence electrons. The second-order valence-electron chi connectivity index (χ2n) is 7.58. The van der Waals surface area contributed by atoms with E-state index in [4.69, 9.17) is 0 Å². The van der Waals surface area contributed by atoms with Gasteiger partial charge in [-0.2, -0.15) is 0 Å². The number of fused-ring (bicyclic) bond motifs is 3. The number of rotatable bonds is 1. The molecule has 0 aromatic carbocycles. The van der Waals surface area contributed by atoms with Crippen molar-refractivity contribution in [2.75, 3.05) is 5.32 Å². The quantitative estimate of drug-likeness (QED) is 0.777. The maximum atomic E-state index is 12.7. The van der Waals surface area contributed by atoms with Crippen LogP contribution in [0.2, 0.25) is 0 Å². The van der Waals surface area contributed by atoms with Gasteiger partial charge in [0.05, 0.1) is 5.56 Å². The summed E-state index contributed by atoms with van der Waals surface area (Å²) in [6.45, 7) is 6.98. The Morgan fingerprint density at radius 2 is 2.09 bits per heavy atom. The number of hydrogen-bond donors (Lipinski definition) is 2. The lowest BCUT2D eigenvalue weighted by Crippen LogP contribution is -2.38. The molecule has 0 fully saturated rings. The minimum atomic E-state index is -0.0893. The highest BCUT2D eigenvalue weighted by Crippen LogP contribution is 2.46. The van der Waals surface area contributed by atoms with Gasteiger partial charge < -0.3 is 10.6 Å². The molecule has 0 spiro atoms. The van der Waals surface area contributed by atoms with E-state index in [1.54, 1.807) is 22.7 Å². The number of thiophene rings is 2. The lowest BCUT2D eigenvalue weighted by molar-refractivity contribution is 0.0935. The first-order chi connectivity index (χ1) is 10.9.